The zero-order chi connectivity index (χ0) is 17.8. The van der Waals surface area contributed by atoms with Crippen molar-refractivity contribution in [3.63, 3.8) is 0 Å². The second-order valence-corrected chi connectivity index (χ2v) is 6.03. The maximum absolute atomic E-state index is 12.1. The van der Waals surface area contributed by atoms with Crippen LogP contribution in [0.15, 0.2) is 24.8 Å². The van der Waals surface area contributed by atoms with Crippen LogP contribution in [0.2, 0.25) is 0 Å². The molecular weight excluding hydrogens is 320 g/mol. The van der Waals surface area contributed by atoms with Crippen LogP contribution in [0.25, 0.3) is 0 Å². The lowest BCUT2D eigenvalue weighted by Crippen LogP contribution is -2.29. The van der Waals surface area contributed by atoms with Crippen LogP contribution in [0.3, 0.4) is 0 Å². The summed E-state index contributed by atoms with van der Waals surface area (Å²) in [7, 11) is 0. The summed E-state index contributed by atoms with van der Waals surface area (Å²) in [6, 6.07) is -0.0383. The molecule has 8 heteroatoms. The second-order valence-electron chi connectivity index (χ2n) is 6.03. The third-order valence-electron chi connectivity index (χ3n) is 4.15. The van der Waals surface area contributed by atoms with Crippen LogP contribution in [0.1, 0.15) is 53.4 Å². The Kier molecular flexibility index (Phi) is 4.97. The fourth-order valence-corrected chi connectivity index (χ4v) is 2.89. The fourth-order valence-electron chi connectivity index (χ4n) is 2.89. The average Bonchev–Trinajstić information content (AvgIpc) is 3.11. The molecule has 3 rings (SSSR count). The van der Waals surface area contributed by atoms with E-state index in [2.05, 4.69) is 25.3 Å². The molecule has 25 heavy (non-hydrogen) atoms. The van der Waals surface area contributed by atoms with Gasteiger partial charge in [0.2, 0.25) is 5.91 Å². The number of nitrogens with one attached hydrogen (secondary N) is 1. The highest BCUT2D eigenvalue weighted by atomic mass is 16.2. The van der Waals surface area contributed by atoms with Gasteiger partial charge in [0.1, 0.15) is 5.69 Å². The lowest BCUT2D eigenvalue weighted by atomic mass is 10.1. The van der Waals surface area contributed by atoms with Gasteiger partial charge in [0.05, 0.1) is 48.3 Å². The van der Waals surface area contributed by atoms with Crippen molar-refractivity contribution in [2.75, 3.05) is 6.54 Å². The van der Waals surface area contributed by atoms with Crippen molar-refractivity contribution >= 4 is 11.8 Å². The Hall–Kier alpha value is -2.90. The van der Waals surface area contributed by atoms with Crippen molar-refractivity contribution in [3.05, 3.63) is 47.6 Å². The first-order valence-corrected chi connectivity index (χ1v) is 8.19. The molecule has 2 aromatic heterocycles. The zero-order valence-corrected chi connectivity index (χ0v) is 14.3. The number of carbonyl (C=O) groups excluding carboxylic acids is 2. The van der Waals surface area contributed by atoms with Gasteiger partial charge in [-0.2, -0.15) is 0 Å². The van der Waals surface area contributed by atoms with Crippen molar-refractivity contribution in [2.24, 2.45) is 0 Å². The van der Waals surface area contributed by atoms with Crippen LogP contribution in [0, 0.1) is 6.92 Å². The molecule has 1 saturated heterocycles. The molecule has 0 aliphatic carbocycles. The summed E-state index contributed by atoms with van der Waals surface area (Å²) >= 11 is 0. The Morgan fingerprint density at radius 1 is 1.24 bits per heavy atom. The maximum Gasteiger partial charge on any atom is 0.271 e. The third-order valence-corrected chi connectivity index (χ3v) is 4.15. The van der Waals surface area contributed by atoms with E-state index >= 15 is 0 Å². The number of hydrogen-bond acceptors (Lipinski definition) is 6. The summed E-state index contributed by atoms with van der Waals surface area (Å²) < 4.78 is 0. The van der Waals surface area contributed by atoms with Crippen LogP contribution in [0.5, 0.6) is 0 Å². The number of carbonyl (C=O) groups is 2. The van der Waals surface area contributed by atoms with E-state index in [-0.39, 0.29) is 30.1 Å². The third kappa shape index (κ3) is 3.96. The number of aromatic nitrogens is 4. The van der Waals surface area contributed by atoms with Gasteiger partial charge in [-0.3, -0.25) is 24.5 Å². The maximum atomic E-state index is 12.1. The van der Waals surface area contributed by atoms with Crippen LogP contribution in [-0.4, -0.2) is 43.2 Å². The van der Waals surface area contributed by atoms with Crippen molar-refractivity contribution in [2.45, 2.75) is 39.3 Å². The molecule has 0 saturated carbocycles. The molecule has 2 amide bonds. The SMILES string of the molecule is CC(=O)N1CCC[C@H]1c1cncc(CNC(=O)c2cnc(C)cn2)n1. The first-order valence-electron chi connectivity index (χ1n) is 8.19. The van der Waals surface area contributed by atoms with Gasteiger partial charge in [0.15, 0.2) is 0 Å². The highest BCUT2D eigenvalue weighted by Gasteiger charge is 2.29. The average molecular weight is 340 g/mol. The van der Waals surface area contributed by atoms with Crippen LogP contribution >= 0.6 is 0 Å². The van der Waals surface area contributed by atoms with Crippen molar-refractivity contribution in [1.82, 2.24) is 30.2 Å². The van der Waals surface area contributed by atoms with E-state index in [0.717, 1.165) is 30.8 Å². The number of amides is 2. The molecule has 1 atom stereocenters. The molecule has 0 unspecified atom stereocenters. The monoisotopic (exact) mass is 340 g/mol. The molecule has 130 valence electrons. The predicted molar refractivity (Wildman–Crippen MR) is 89.3 cm³/mol. The number of nitrogens with zero attached hydrogens (tertiary/aromatic N) is 5. The largest absolute Gasteiger partial charge is 0.345 e. The van der Waals surface area contributed by atoms with Crippen molar-refractivity contribution in [3.8, 4) is 0 Å². The minimum atomic E-state index is -0.314. The molecular formula is C17H20N6O2. The topological polar surface area (TPSA) is 101 Å². The highest BCUT2D eigenvalue weighted by molar-refractivity contribution is 5.91. The molecule has 1 N–H and O–H groups in total. The highest BCUT2D eigenvalue weighted by Crippen LogP contribution is 2.30. The minimum Gasteiger partial charge on any atom is -0.345 e. The van der Waals surface area contributed by atoms with E-state index < -0.39 is 0 Å². The Balaban J connectivity index is 1.66. The van der Waals surface area contributed by atoms with E-state index in [4.69, 9.17) is 0 Å². The van der Waals surface area contributed by atoms with Crippen LogP contribution in [-0.2, 0) is 11.3 Å². The standard InChI is InChI=1S/C17H20N6O2/c1-11-6-20-15(10-19-11)17(25)21-8-13-7-18-9-14(22-13)16-4-3-5-23(16)12(2)24/h6-7,9-10,16H,3-5,8H2,1-2H3,(H,21,25)/t16-/m0/s1. The zero-order valence-electron chi connectivity index (χ0n) is 14.3. The molecule has 0 aromatic carbocycles. The summed E-state index contributed by atoms with van der Waals surface area (Å²) in [5.74, 6) is -0.271. The van der Waals surface area contributed by atoms with Gasteiger partial charge in [-0.1, -0.05) is 0 Å². The van der Waals surface area contributed by atoms with Gasteiger partial charge >= 0.3 is 0 Å². The van der Waals surface area contributed by atoms with E-state index in [0.29, 0.717) is 5.69 Å². The minimum absolute atomic E-state index is 0.0383. The first-order chi connectivity index (χ1) is 12.0. The van der Waals surface area contributed by atoms with Gasteiger partial charge in [0, 0.05) is 19.7 Å². The van der Waals surface area contributed by atoms with Gasteiger partial charge in [0.25, 0.3) is 5.91 Å². The lowest BCUT2D eigenvalue weighted by Gasteiger charge is -2.22. The van der Waals surface area contributed by atoms with Gasteiger partial charge in [-0.15, -0.1) is 0 Å². The summed E-state index contributed by atoms with van der Waals surface area (Å²) in [5, 5.41) is 2.76. The van der Waals surface area contributed by atoms with Gasteiger partial charge < -0.3 is 10.2 Å². The van der Waals surface area contributed by atoms with Crippen molar-refractivity contribution < 1.29 is 9.59 Å². The fraction of sp³-hybridized carbons (Fsp3) is 0.412. The first kappa shape index (κ1) is 16.9. The normalized spacial score (nSPS) is 16.7. The molecule has 1 fully saturated rings. The lowest BCUT2D eigenvalue weighted by molar-refractivity contribution is -0.129. The summed E-state index contributed by atoms with van der Waals surface area (Å²) in [5.41, 5.74) is 2.41. The molecule has 1 aliphatic rings. The van der Waals surface area contributed by atoms with Crippen molar-refractivity contribution in [1.29, 1.82) is 0 Å². The van der Waals surface area contributed by atoms with E-state index in [1.165, 1.54) is 6.20 Å². The molecule has 2 aromatic rings. The molecule has 0 bridgehead atoms. The van der Waals surface area contributed by atoms with Crippen LogP contribution in [0.4, 0.5) is 0 Å². The molecule has 1 aliphatic heterocycles. The predicted octanol–water partition coefficient (Wildman–Crippen LogP) is 1.19. The Morgan fingerprint density at radius 3 is 2.80 bits per heavy atom. The molecule has 3 heterocycles. The molecule has 0 radical (unpaired) electrons. The van der Waals surface area contributed by atoms with E-state index in [1.54, 1.807) is 25.5 Å². The molecule has 0 spiro atoms. The Bertz CT molecular complexity index is 777. The number of rotatable bonds is 4. The van der Waals surface area contributed by atoms with Gasteiger partial charge in [-0.25, -0.2) is 4.98 Å². The summed E-state index contributed by atoms with van der Waals surface area (Å²) in [6.45, 7) is 4.36. The number of likely N-dealkylation sites (tertiary alicyclic amines) is 1. The quantitative estimate of drug-likeness (QED) is 0.897. The summed E-state index contributed by atoms with van der Waals surface area (Å²) in [6.07, 6.45) is 8.12. The summed E-state index contributed by atoms with van der Waals surface area (Å²) in [4.78, 5) is 42.5. The number of aryl methyl sites for hydroxylation is 1. The van der Waals surface area contributed by atoms with E-state index in [9.17, 15) is 9.59 Å². The Labute approximate surface area is 145 Å². The van der Waals surface area contributed by atoms with Gasteiger partial charge in [-0.05, 0) is 19.8 Å². The Morgan fingerprint density at radius 2 is 2.08 bits per heavy atom. The second kappa shape index (κ2) is 7.33. The van der Waals surface area contributed by atoms with Crippen LogP contribution < -0.4 is 5.32 Å². The smallest absolute Gasteiger partial charge is 0.271 e. The van der Waals surface area contributed by atoms with E-state index in [1.807, 2.05) is 11.8 Å². The number of hydrogen-bond donors (Lipinski definition) is 1. The molecule has 8 nitrogen and oxygen atoms in total.